The SMILES string of the molecule is CC(C)(C)c1cnn2c1C(F)(F)CCC2.CC(C)(C)c1cnn2c1C(F)CCC2.CC(C)(C)c1cnn2c1CCCC2.CC(C)(C)c1cnn2c1CCOCC2.CC(C)(C)c1cnn2c1CNCC2.CC(C)(C)c1cnn2c1COCCC2.CC(C)(C)c1cnn2c1SCCC2.CC1CCOc2c(C(C)(C)C)cnn2C1.CC1CCn2ncc(C(C)(C)C)c2OC1.CN1CCCn2ncc(C(C)(C)C)c21. The molecule has 0 amide bonds. The zero-order valence-electron chi connectivity index (χ0n) is 92.4. The van der Waals surface area contributed by atoms with Gasteiger partial charge in [-0.25, -0.2) is 18.4 Å². The van der Waals surface area contributed by atoms with Crippen LogP contribution in [0.15, 0.2) is 67.0 Å². The van der Waals surface area contributed by atoms with E-state index in [9.17, 15) is 13.2 Å². The lowest BCUT2D eigenvalue weighted by atomic mass is 9.84. The van der Waals surface area contributed by atoms with Gasteiger partial charge >= 0.3 is 0 Å². The predicted molar refractivity (Wildman–Crippen MR) is 561 cm³/mol. The molecule has 3 atom stereocenters. The second-order valence-corrected chi connectivity index (χ2v) is 51.4. The quantitative estimate of drug-likeness (QED) is 0.149. The molecule has 30 heteroatoms. The first kappa shape index (κ1) is 112. The molecule has 0 spiro atoms. The highest BCUT2D eigenvalue weighted by atomic mass is 32.2. The summed E-state index contributed by atoms with van der Waals surface area (Å²) in [6, 6.07) is 0. The van der Waals surface area contributed by atoms with Crippen LogP contribution in [0.25, 0.3) is 0 Å². The lowest BCUT2D eigenvalue weighted by molar-refractivity contribution is -0.0380. The number of hydrogen-bond donors (Lipinski definition) is 1. The van der Waals surface area contributed by atoms with E-state index in [1.54, 1.807) is 6.20 Å². The molecule has 10 aromatic rings. The summed E-state index contributed by atoms with van der Waals surface area (Å²) < 4.78 is 84.0. The molecule has 780 valence electrons. The number of alkyl halides is 3. The van der Waals surface area contributed by atoms with Crippen LogP contribution in [-0.4, -0.2) is 157 Å². The third-order valence-corrected chi connectivity index (χ3v) is 28.6. The monoisotopic (exact) mass is 1960 g/mol. The van der Waals surface area contributed by atoms with Gasteiger partial charge in [0.1, 0.15) is 17.7 Å². The molecule has 10 aliphatic rings. The van der Waals surface area contributed by atoms with Gasteiger partial charge in [-0.2, -0.15) is 59.8 Å². The van der Waals surface area contributed by atoms with Gasteiger partial charge in [-0.05, 0) is 153 Å². The van der Waals surface area contributed by atoms with E-state index in [4.69, 9.17) is 18.9 Å². The molecule has 3 unspecified atom stereocenters. The molecular formula is C110H179F3N22O4S. The molecule has 0 saturated carbocycles. The number of aromatic nitrogens is 20. The van der Waals surface area contributed by atoms with Gasteiger partial charge in [-0.3, -0.25) is 32.8 Å². The minimum Gasteiger partial charge on any atom is -0.478 e. The maximum Gasteiger partial charge on any atom is 0.289 e. The maximum absolute atomic E-state index is 13.8. The Morgan fingerprint density at radius 3 is 1.41 bits per heavy atom. The zero-order valence-corrected chi connectivity index (χ0v) is 93.2. The molecule has 26 nitrogen and oxygen atoms in total. The summed E-state index contributed by atoms with van der Waals surface area (Å²) in [6.07, 6.45) is 31.3. The van der Waals surface area contributed by atoms with Gasteiger partial charge in [0.15, 0.2) is 0 Å². The molecule has 0 saturated heterocycles. The van der Waals surface area contributed by atoms with Gasteiger partial charge in [0.05, 0.1) is 130 Å². The number of rotatable bonds is 0. The molecular weight excluding hydrogens is 1780 g/mol. The van der Waals surface area contributed by atoms with Gasteiger partial charge in [0, 0.05) is 155 Å². The van der Waals surface area contributed by atoms with Crippen molar-refractivity contribution in [3.8, 4) is 11.8 Å². The summed E-state index contributed by atoms with van der Waals surface area (Å²) in [5.41, 5.74) is 20.0. The van der Waals surface area contributed by atoms with Crippen LogP contribution < -0.4 is 19.7 Å². The van der Waals surface area contributed by atoms with Crippen LogP contribution in [0, 0.1) is 11.8 Å². The highest BCUT2D eigenvalue weighted by Gasteiger charge is 2.43. The number of aryl methyl sites for hydroxylation is 7. The van der Waals surface area contributed by atoms with Gasteiger partial charge < -0.3 is 29.2 Å². The van der Waals surface area contributed by atoms with E-state index in [1.807, 2.05) is 96.2 Å². The van der Waals surface area contributed by atoms with E-state index < -0.39 is 12.1 Å². The average Bonchev–Trinajstić information content (AvgIpc) is 1.60. The zero-order chi connectivity index (χ0) is 103. The van der Waals surface area contributed by atoms with Crippen molar-refractivity contribution >= 4 is 17.6 Å². The van der Waals surface area contributed by atoms with E-state index in [0.29, 0.717) is 43.4 Å². The number of hydrogen-bond acceptors (Lipinski definition) is 17. The summed E-state index contributed by atoms with van der Waals surface area (Å²) >= 11 is 1.95. The molecule has 20 heterocycles. The lowest BCUT2D eigenvalue weighted by Crippen LogP contribution is -2.30. The molecule has 20 rings (SSSR count). The number of anilines is 1. The Balaban J connectivity index is 0.000000149. The largest absolute Gasteiger partial charge is 0.478 e. The second-order valence-electron chi connectivity index (χ2n) is 50.3. The second kappa shape index (κ2) is 45.9. The highest BCUT2D eigenvalue weighted by molar-refractivity contribution is 7.99. The van der Waals surface area contributed by atoms with Crippen molar-refractivity contribution in [3.05, 3.63) is 152 Å². The number of fused-ring (bicyclic) bond motifs is 10. The minimum absolute atomic E-state index is 0.00470. The first-order chi connectivity index (χ1) is 65.2. The Morgan fingerprint density at radius 2 is 0.800 bits per heavy atom. The van der Waals surface area contributed by atoms with Crippen LogP contribution in [0.1, 0.15) is 388 Å². The molecule has 0 radical (unpaired) electrons. The van der Waals surface area contributed by atoms with Crippen molar-refractivity contribution in [3.63, 3.8) is 0 Å². The molecule has 10 aromatic heterocycles. The summed E-state index contributed by atoms with van der Waals surface area (Å²) in [5.74, 6) is 3.08. The number of nitrogens with zero attached hydrogens (tertiary/aromatic N) is 21. The minimum atomic E-state index is -2.71. The fourth-order valence-electron chi connectivity index (χ4n) is 19.1. The third-order valence-electron chi connectivity index (χ3n) is 27.4. The van der Waals surface area contributed by atoms with Gasteiger partial charge in [0.25, 0.3) is 5.92 Å². The smallest absolute Gasteiger partial charge is 0.289 e. The number of halogens is 3. The number of nitrogens with one attached hydrogen (secondary N) is 1. The van der Waals surface area contributed by atoms with Gasteiger partial charge in [0.2, 0.25) is 11.8 Å². The predicted octanol–water partition coefficient (Wildman–Crippen LogP) is 23.6. The van der Waals surface area contributed by atoms with E-state index in [0.717, 1.165) is 167 Å². The fraction of sp³-hybridized carbons (Fsp3) is 0.727. The van der Waals surface area contributed by atoms with Gasteiger partial charge in [-0.15, -0.1) is 11.8 Å². The van der Waals surface area contributed by atoms with Crippen LogP contribution in [0.2, 0.25) is 0 Å². The van der Waals surface area contributed by atoms with Crippen LogP contribution in [0.5, 0.6) is 11.8 Å². The van der Waals surface area contributed by atoms with E-state index in [2.05, 4.69) is 303 Å². The first-order valence-electron chi connectivity index (χ1n) is 52.3. The summed E-state index contributed by atoms with van der Waals surface area (Å²) in [7, 11) is 2.15. The van der Waals surface area contributed by atoms with E-state index in [1.165, 1.54) is 121 Å². The molecule has 140 heavy (non-hydrogen) atoms. The lowest BCUT2D eigenvalue weighted by Gasteiger charge is -2.30. The van der Waals surface area contributed by atoms with Crippen LogP contribution >= 0.6 is 11.8 Å². The van der Waals surface area contributed by atoms with Crippen molar-refractivity contribution in [2.24, 2.45) is 11.8 Å². The third kappa shape index (κ3) is 29.0. The Hall–Kier alpha value is -8.48. The average molecular weight is 1960 g/mol. The summed E-state index contributed by atoms with van der Waals surface area (Å²) in [4.78, 5) is 2.32. The van der Waals surface area contributed by atoms with Crippen molar-refractivity contribution in [2.75, 3.05) is 63.8 Å². The van der Waals surface area contributed by atoms with Crippen LogP contribution in [0.3, 0.4) is 0 Å². The van der Waals surface area contributed by atoms with Crippen molar-refractivity contribution < 1.29 is 32.1 Å². The molecule has 0 aromatic carbocycles. The molecule has 10 aliphatic heterocycles. The molecule has 0 aliphatic carbocycles. The molecule has 0 bridgehead atoms. The normalized spacial score (nSPS) is 19.0. The van der Waals surface area contributed by atoms with Gasteiger partial charge in [-0.1, -0.05) is 222 Å². The molecule has 1 N–H and O–H groups in total. The highest BCUT2D eigenvalue weighted by Crippen LogP contribution is 2.45. The summed E-state index contributed by atoms with van der Waals surface area (Å²) in [6.45, 7) is 87.7. The number of thioether (sulfide) groups is 1. The van der Waals surface area contributed by atoms with Crippen molar-refractivity contribution in [1.82, 2.24) is 103 Å². The molecule has 0 fully saturated rings. The Kier molecular flexibility index (Phi) is 36.6. The van der Waals surface area contributed by atoms with E-state index in [-0.39, 0.29) is 66.3 Å². The Labute approximate surface area is 842 Å². The van der Waals surface area contributed by atoms with Crippen LogP contribution in [0.4, 0.5) is 19.0 Å². The Bertz CT molecular complexity index is 5280. The summed E-state index contributed by atoms with van der Waals surface area (Å²) in [5, 5.41) is 48.5. The van der Waals surface area contributed by atoms with Crippen molar-refractivity contribution in [2.45, 2.75) is 455 Å². The standard InChI is InChI=1S/2C12H20N2O.C11H16F2N2.C11H17FN2.C11H19N3.2C11H18N2O.C11H18N2.C10H17N3.C10H16N2S/c1-9-5-6-15-11-10(12(2,3)4)7-13-14(11)8-9;1-9-5-6-14-11(15-8-9)10(7-13-14)12(2,3)4;1-10(2,3)8-7-14-15-6-4-5-11(12,13)9(8)15;1-11(2,3)8-7-13-14-6-4-5-9(12)10(8)14;1-11(2,3)9-8-12-14-7-5-6-13(4)10(9)14;1-11(2,3)9-8-12-13-5-7-14-6-4-10(9)13;1-11(2,3)9-7-12-13-5-4-6-14-8-10(9)13;1-11(2,3)9-8-12-13-7-5-4-6-10(9)13;1-10(2,3)8-6-12-13-5-4-11-7-9(8)13;1-10(2,3)8-7-11-12-5-4-6-13-9(8)12/h2*7,9H,5-6,8H2,1-4H3;7H,4-6H2,1-3H3;7,9H,4-6H2,1-3H3;8H,5-7H2,1-4H3;8H,4-7H2,1-3H3;7H,4-6,8H2,1-3H3;8H,4-7H2,1-3H3;6,11H,4-5,7H2,1-3H3;7H,4-6H2,1-3H3. The van der Waals surface area contributed by atoms with Crippen LogP contribution in [-0.2, 0) is 161 Å². The Morgan fingerprint density at radius 1 is 0.350 bits per heavy atom. The first-order valence-corrected chi connectivity index (χ1v) is 53.3. The number of ether oxygens (including phenoxy) is 4. The van der Waals surface area contributed by atoms with E-state index >= 15 is 0 Å². The van der Waals surface area contributed by atoms with Crippen molar-refractivity contribution in [1.29, 1.82) is 0 Å². The fourth-order valence-corrected chi connectivity index (χ4v) is 20.4. The topological polar surface area (TPSA) is 230 Å². The maximum atomic E-state index is 13.8.